The molecule has 1 N–H and O–H groups in total. The van der Waals surface area contributed by atoms with E-state index in [1.54, 1.807) is 4.57 Å². The maximum atomic E-state index is 13.4. The largest absolute Gasteiger partial charge is 0.491 e. The second-order valence-corrected chi connectivity index (χ2v) is 7.38. The van der Waals surface area contributed by atoms with Crippen LogP contribution in [0.2, 0.25) is 0 Å². The van der Waals surface area contributed by atoms with Gasteiger partial charge in [-0.2, -0.15) is 0 Å². The van der Waals surface area contributed by atoms with Gasteiger partial charge in [-0.1, -0.05) is 18.2 Å². The lowest BCUT2D eigenvalue weighted by molar-refractivity contribution is 0.226. The first-order valence-corrected chi connectivity index (χ1v) is 9.82. The number of hydrogen-bond acceptors (Lipinski definition) is 5. The van der Waals surface area contributed by atoms with Crippen molar-refractivity contribution < 1.29 is 4.74 Å². The number of fused-ring (bicyclic) bond motifs is 1. The minimum Gasteiger partial charge on any atom is -0.491 e. The van der Waals surface area contributed by atoms with Crippen LogP contribution in [0.4, 0.5) is 0 Å². The summed E-state index contributed by atoms with van der Waals surface area (Å²) in [5, 5.41) is 3.99. The molecule has 3 aromatic rings. The van der Waals surface area contributed by atoms with Crippen LogP contribution in [0.5, 0.6) is 5.75 Å². The molecule has 0 amide bonds. The summed E-state index contributed by atoms with van der Waals surface area (Å²) < 4.78 is 7.57. The van der Waals surface area contributed by atoms with Gasteiger partial charge < -0.3 is 10.1 Å². The average Bonchev–Trinajstić information content (AvgIpc) is 2.69. The first-order valence-electron chi connectivity index (χ1n) is 9.82. The summed E-state index contributed by atoms with van der Waals surface area (Å²) in [6.07, 6.45) is 0.0713. The summed E-state index contributed by atoms with van der Waals surface area (Å²) in [4.78, 5) is 20.6. The lowest BCUT2D eigenvalue weighted by Crippen LogP contribution is -2.44. The zero-order chi connectivity index (χ0) is 19.5. The fourth-order valence-corrected chi connectivity index (χ4v) is 3.59. The van der Waals surface area contributed by atoms with Crippen molar-refractivity contribution in [2.75, 3.05) is 26.2 Å². The quantitative estimate of drug-likeness (QED) is 0.740. The first-order chi connectivity index (χ1) is 13.6. The third-order valence-electron chi connectivity index (χ3n) is 4.87. The molecule has 1 aliphatic heterocycles. The van der Waals surface area contributed by atoms with Gasteiger partial charge in [0.15, 0.2) is 0 Å². The Labute approximate surface area is 164 Å². The van der Waals surface area contributed by atoms with E-state index in [1.807, 2.05) is 62.4 Å². The van der Waals surface area contributed by atoms with Crippen LogP contribution in [0.15, 0.2) is 53.3 Å². The highest BCUT2D eigenvalue weighted by Gasteiger charge is 2.17. The molecule has 4 rings (SSSR count). The Balaban J connectivity index is 1.84. The molecule has 2 aromatic carbocycles. The summed E-state index contributed by atoms with van der Waals surface area (Å²) in [6.45, 7) is 8.42. The van der Waals surface area contributed by atoms with E-state index < -0.39 is 0 Å². The minimum atomic E-state index is -0.0440. The lowest BCUT2D eigenvalue weighted by Gasteiger charge is -2.27. The Morgan fingerprint density at radius 2 is 1.89 bits per heavy atom. The molecule has 1 aliphatic rings. The number of ether oxygens (including phenoxy) is 1. The summed E-state index contributed by atoms with van der Waals surface area (Å²) in [7, 11) is 0. The predicted molar refractivity (Wildman–Crippen MR) is 111 cm³/mol. The molecule has 6 heteroatoms. The number of piperazine rings is 1. The Bertz CT molecular complexity index is 1020. The van der Waals surface area contributed by atoms with E-state index >= 15 is 0 Å². The van der Waals surface area contributed by atoms with E-state index in [9.17, 15) is 4.79 Å². The van der Waals surface area contributed by atoms with Crippen LogP contribution in [0.1, 0.15) is 19.7 Å². The number of hydrogen-bond donors (Lipinski definition) is 1. The Morgan fingerprint density at radius 1 is 1.11 bits per heavy atom. The second-order valence-electron chi connectivity index (χ2n) is 7.38. The maximum absolute atomic E-state index is 13.4. The fraction of sp³-hybridized carbons (Fsp3) is 0.364. The summed E-state index contributed by atoms with van der Waals surface area (Å²) >= 11 is 0. The van der Waals surface area contributed by atoms with E-state index in [0.717, 1.165) is 49.0 Å². The van der Waals surface area contributed by atoms with Crippen molar-refractivity contribution >= 4 is 10.9 Å². The third-order valence-corrected chi connectivity index (χ3v) is 4.87. The van der Waals surface area contributed by atoms with Crippen LogP contribution < -0.4 is 15.6 Å². The van der Waals surface area contributed by atoms with E-state index in [-0.39, 0.29) is 11.7 Å². The van der Waals surface area contributed by atoms with Gasteiger partial charge in [0.1, 0.15) is 11.6 Å². The molecule has 0 radical (unpaired) electrons. The Hall–Kier alpha value is -2.70. The second kappa shape index (κ2) is 8.12. The van der Waals surface area contributed by atoms with Crippen LogP contribution in [0.3, 0.4) is 0 Å². The van der Waals surface area contributed by atoms with Crippen molar-refractivity contribution in [1.82, 2.24) is 19.8 Å². The van der Waals surface area contributed by atoms with Gasteiger partial charge in [-0.3, -0.25) is 14.3 Å². The van der Waals surface area contributed by atoms with Crippen molar-refractivity contribution in [1.29, 1.82) is 0 Å². The maximum Gasteiger partial charge on any atom is 0.266 e. The van der Waals surface area contributed by atoms with Gasteiger partial charge in [0, 0.05) is 32.2 Å². The lowest BCUT2D eigenvalue weighted by atomic mass is 10.2. The van der Waals surface area contributed by atoms with Gasteiger partial charge in [0.25, 0.3) is 5.56 Å². The van der Waals surface area contributed by atoms with Gasteiger partial charge in [-0.15, -0.1) is 0 Å². The smallest absolute Gasteiger partial charge is 0.266 e. The van der Waals surface area contributed by atoms with E-state index in [0.29, 0.717) is 11.9 Å². The van der Waals surface area contributed by atoms with Gasteiger partial charge in [0.05, 0.1) is 29.2 Å². The van der Waals surface area contributed by atoms with E-state index in [1.165, 1.54) is 0 Å². The van der Waals surface area contributed by atoms with Gasteiger partial charge in [-0.05, 0) is 38.1 Å². The van der Waals surface area contributed by atoms with Crippen molar-refractivity contribution in [3.63, 3.8) is 0 Å². The number of aromatic nitrogens is 2. The molecule has 146 valence electrons. The summed E-state index contributed by atoms with van der Waals surface area (Å²) in [5.74, 6) is 1.51. The molecule has 1 aromatic heterocycles. The average molecular weight is 378 g/mol. The Morgan fingerprint density at radius 3 is 2.68 bits per heavy atom. The highest BCUT2D eigenvalue weighted by molar-refractivity contribution is 5.77. The number of nitrogens with one attached hydrogen (secondary N) is 1. The Kier molecular flexibility index (Phi) is 5.41. The molecule has 6 nitrogen and oxygen atoms in total. The van der Waals surface area contributed by atoms with Crippen molar-refractivity contribution in [3.8, 4) is 11.4 Å². The highest BCUT2D eigenvalue weighted by Crippen LogP contribution is 2.20. The molecule has 0 spiro atoms. The predicted octanol–water partition coefficient (Wildman–Crippen LogP) is 2.58. The normalized spacial score (nSPS) is 15.2. The van der Waals surface area contributed by atoms with Gasteiger partial charge in [0.2, 0.25) is 0 Å². The number of para-hydroxylation sites is 1. The molecule has 28 heavy (non-hydrogen) atoms. The zero-order valence-electron chi connectivity index (χ0n) is 16.4. The molecule has 2 heterocycles. The standard InChI is InChI=1S/C22H26N4O2/c1-16(2)28-18-7-5-6-17(14-18)26-21(15-25-12-10-23-11-13-25)24-20-9-4-3-8-19(20)22(26)27/h3-9,14,16,23H,10-13,15H2,1-2H3. The van der Waals surface area contributed by atoms with Gasteiger partial charge in [-0.25, -0.2) is 4.98 Å². The monoisotopic (exact) mass is 378 g/mol. The topological polar surface area (TPSA) is 59.4 Å². The first kappa shape index (κ1) is 18.7. The molecule has 1 saturated heterocycles. The van der Waals surface area contributed by atoms with Crippen molar-refractivity contribution in [2.24, 2.45) is 0 Å². The third kappa shape index (κ3) is 3.93. The molecule has 0 atom stereocenters. The zero-order valence-corrected chi connectivity index (χ0v) is 16.4. The molecular weight excluding hydrogens is 352 g/mol. The fourth-order valence-electron chi connectivity index (χ4n) is 3.59. The van der Waals surface area contributed by atoms with Gasteiger partial charge >= 0.3 is 0 Å². The van der Waals surface area contributed by atoms with Crippen molar-refractivity contribution in [3.05, 3.63) is 64.7 Å². The minimum absolute atomic E-state index is 0.0440. The van der Waals surface area contributed by atoms with Crippen LogP contribution in [-0.2, 0) is 6.54 Å². The number of benzene rings is 2. The molecule has 0 saturated carbocycles. The van der Waals surface area contributed by atoms with E-state index in [2.05, 4.69) is 10.2 Å². The van der Waals surface area contributed by atoms with Crippen LogP contribution >= 0.6 is 0 Å². The van der Waals surface area contributed by atoms with Crippen LogP contribution in [0.25, 0.3) is 16.6 Å². The molecule has 0 aliphatic carbocycles. The summed E-state index contributed by atoms with van der Waals surface area (Å²) in [5.41, 5.74) is 1.48. The molecular formula is C22H26N4O2. The SMILES string of the molecule is CC(C)Oc1cccc(-n2c(CN3CCNCC3)nc3ccccc3c2=O)c1. The highest BCUT2D eigenvalue weighted by atomic mass is 16.5. The van der Waals surface area contributed by atoms with E-state index in [4.69, 9.17) is 9.72 Å². The van der Waals surface area contributed by atoms with Crippen LogP contribution in [-0.4, -0.2) is 46.7 Å². The molecule has 0 unspecified atom stereocenters. The number of rotatable bonds is 5. The molecule has 1 fully saturated rings. The van der Waals surface area contributed by atoms with Crippen LogP contribution in [0, 0.1) is 0 Å². The van der Waals surface area contributed by atoms with Crippen molar-refractivity contribution in [2.45, 2.75) is 26.5 Å². The number of nitrogens with zero attached hydrogens (tertiary/aromatic N) is 3. The summed E-state index contributed by atoms with van der Waals surface area (Å²) in [6, 6.07) is 15.2. The molecule has 0 bridgehead atoms.